The molecule has 2 aliphatic carbocycles. The lowest BCUT2D eigenvalue weighted by atomic mass is 9.85. The van der Waals surface area contributed by atoms with Crippen LogP contribution in [0.2, 0.25) is 0 Å². The summed E-state index contributed by atoms with van der Waals surface area (Å²) in [6.45, 7) is 0. The molecule has 0 fully saturated rings. The van der Waals surface area contributed by atoms with Crippen molar-refractivity contribution in [3.05, 3.63) is 34.4 Å². The second-order valence-corrected chi connectivity index (χ2v) is 3.63. The van der Waals surface area contributed by atoms with Gasteiger partial charge in [-0.1, -0.05) is 12.1 Å². The minimum atomic E-state index is 0.881. The summed E-state index contributed by atoms with van der Waals surface area (Å²) in [5, 5.41) is 0. The molecular weight excluding hydrogens is 132 g/mol. The van der Waals surface area contributed by atoms with Gasteiger partial charge < -0.3 is 0 Å². The molecule has 0 spiro atoms. The molecule has 0 heteroatoms. The molecule has 1 aromatic rings. The first-order chi connectivity index (χ1) is 5.86. The molecule has 0 radical (unpaired) electrons. The Morgan fingerprint density at radius 2 is 1.55 bits per heavy atom. The largest absolute Gasteiger partial charge is 0.0629 e. The van der Waals surface area contributed by atoms with Crippen molar-refractivity contribution in [2.45, 2.75) is 32.1 Å². The van der Waals surface area contributed by atoms with Crippen molar-refractivity contribution in [3.8, 4) is 0 Å². The normalized spacial score (nSPS) is 20.2. The van der Waals surface area contributed by atoms with Crippen LogP contribution in [0.4, 0.5) is 0 Å². The maximum atomic E-state index is 7.97. The molecule has 0 N–H and O–H groups in total. The molecule has 0 heterocycles. The molecule has 0 bridgehead atoms. The molecule has 0 saturated heterocycles. The number of hydrogen-bond donors (Lipinski definition) is 0. The summed E-state index contributed by atoms with van der Waals surface area (Å²) in [5.41, 5.74) is 5.63. The smallest absolute Gasteiger partial charge is 0.0553 e. The summed E-state index contributed by atoms with van der Waals surface area (Å²) in [4.78, 5) is 0. The molecule has 2 aliphatic rings. The highest BCUT2D eigenvalue weighted by Crippen LogP contribution is 2.31. The summed E-state index contributed by atoms with van der Waals surface area (Å²) in [6, 6.07) is 3.23. The van der Waals surface area contributed by atoms with Gasteiger partial charge in [0.15, 0.2) is 0 Å². The van der Waals surface area contributed by atoms with Gasteiger partial charge in [-0.25, -0.2) is 0 Å². The van der Waals surface area contributed by atoms with Gasteiger partial charge in [-0.15, -0.1) is 0 Å². The van der Waals surface area contributed by atoms with E-state index in [1.165, 1.54) is 41.5 Å². The third-order valence-electron chi connectivity index (χ3n) is 2.94. The zero-order valence-electron chi connectivity index (χ0n) is 7.61. The van der Waals surface area contributed by atoms with Crippen LogP contribution in [0.1, 0.15) is 30.0 Å². The Bertz CT molecular complexity index is 353. The molecular formula is C11H12. The van der Waals surface area contributed by atoms with Crippen molar-refractivity contribution in [1.82, 2.24) is 0 Å². The molecule has 0 aliphatic heterocycles. The van der Waals surface area contributed by atoms with E-state index in [0.29, 0.717) is 0 Å². The molecule has 0 unspecified atom stereocenters. The van der Waals surface area contributed by atoms with Crippen LogP contribution in [0, 0.1) is 0 Å². The van der Waals surface area contributed by atoms with Crippen LogP contribution < -0.4 is 0 Å². The van der Waals surface area contributed by atoms with Crippen LogP contribution in [0.5, 0.6) is 0 Å². The Labute approximate surface area is 68.6 Å². The molecule has 56 valence electrons. The van der Waals surface area contributed by atoms with Gasteiger partial charge in [-0.2, -0.15) is 0 Å². The predicted molar refractivity (Wildman–Crippen MR) is 45.9 cm³/mol. The summed E-state index contributed by atoms with van der Waals surface area (Å²) < 4.78 is 7.97. The Morgan fingerprint density at radius 3 is 2.36 bits per heavy atom. The molecule has 3 rings (SSSR count). The lowest BCUT2D eigenvalue weighted by Gasteiger charge is -2.20. The summed E-state index contributed by atoms with van der Waals surface area (Å²) in [6.07, 6.45) is 6.01. The van der Waals surface area contributed by atoms with Crippen molar-refractivity contribution in [2.24, 2.45) is 0 Å². The van der Waals surface area contributed by atoms with Crippen molar-refractivity contribution < 1.29 is 1.37 Å². The molecule has 0 nitrogen and oxygen atoms in total. The highest BCUT2D eigenvalue weighted by Gasteiger charge is 2.18. The van der Waals surface area contributed by atoms with E-state index in [-0.39, 0.29) is 0 Å². The fourth-order valence-electron chi connectivity index (χ4n) is 2.16. The van der Waals surface area contributed by atoms with Crippen molar-refractivity contribution in [1.29, 1.82) is 0 Å². The van der Waals surface area contributed by atoms with Gasteiger partial charge in [0, 0.05) is 0 Å². The molecule has 0 aromatic heterocycles. The van der Waals surface area contributed by atoms with E-state index in [9.17, 15) is 0 Å². The zero-order valence-corrected chi connectivity index (χ0v) is 6.61. The molecule has 0 atom stereocenters. The van der Waals surface area contributed by atoms with Gasteiger partial charge in [-0.3, -0.25) is 0 Å². The average molecular weight is 145 g/mol. The molecule has 0 amide bonds. The van der Waals surface area contributed by atoms with E-state index in [2.05, 4.69) is 6.07 Å². The fraction of sp³-hybridized carbons (Fsp3) is 0.455. The Balaban J connectivity index is 2.29. The Kier molecular flexibility index (Phi) is 0.848. The first-order valence-corrected chi connectivity index (χ1v) is 4.49. The number of aryl methyl sites for hydroxylation is 2. The number of fused-ring (bicyclic) bond motifs is 2. The maximum Gasteiger partial charge on any atom is 0.0629 e. The summed E-state index contributed by atoms with van der Waals surface area (Å²) in [7, 11) is 0. The maximum absolute atomic E-state index is 7.97. The Morgan fingerprint density at radius 1 is 0.909 bits per heavy atom. The van der Waals surface area contributed by atoms with Gasteiger partial charge in [0.05, 0.1) is 1.37 Å². The second kappa shape index (κ2) is 1.88. The average Bonchev–Trinajstić information content (AvgIpc) is 2.43. The zero-order chi connectivity index (χ0) is 8.13. The van der Waals surface area contributed by atoms with Crippen molar-refractivity contribution in [2.75, 3.05) is 0 Å². The predicted octanol–water partition coefficient (Wildman–Crippen LogP) is 2.27. The SMILES string of the molecule is [2H]c1c2c(cc3c1CC3)CCC2. The van der Waals surface area contributed by atoms with Crippen LogP contribution in [0.3, 0.4) is 0 Å². The van der Waals surface area contributed by atoms with Gasteiger partial charge in [-0.05, 0) is 54.4 Å². The summed E-state index contributed by atoms with van der Waals surface area (Å²) >= 11 is 0. The van der Waals surface area contributed by atoms with Gasteiger partial charge in [0.1, 0.15) is 0 Å². The van der Waals surface area contributed by atoms with Crippen LogP contribution in [-0.2, 0) is 25.7 Å². The third kappa shape index (κ3) is 0.699. The van der Waals surface area contributed by atoms with E-state index in [4.69, 9.17) is 1.37 Å². The fourth-order valence-corrected chi connectivity index (χ4v) is 2.16. The van der Waals surface area contributed by atoms with E-state index >= 15 is 0 Å². The lowest BCUT2D eigenvalue weighted by Crippen LogP contribution is -2.09. The second-order valence-electron chi connectivity index (χ2n) is 3.63. The van der Waals surface area contributed by atoms with E-state index in [0.717, 1.165) is 18.9 Å². The number of hydrogen-bond acceptors (Lipinski definition) is 0. The summed E-state index contributed by atoms with van der Waals surface area (Å²) in [5.74, 6) is 0. The van der Waals surface area contributed by atoms with Gasteiger partial charge in [0.25, 0.3) is 0 Å². The standard InChI is InChI=1S/C11H12/c1-2-8-6-10-4-5-11(10)7-9(8)3-1/h6-7H,1-5H2/i6D. The third-order valence-corrected chi connectivity index (χ3v) is 2.94. The highest BCUT2D eigenvalue weighted by molar-refractivity contribution is 5.45. The van der Waals surface area contributed by atoms with Crippen LogP contribution in [0.25, 0.3) is 0 Å². The topological polar surface area (TPSA) is 0 Å². The first-order valence-electron chi connectivity index (χ1n) is 4.99. The quantitative estimate of drug-likeness (QED) is 0.525. The molecule has 0 saturated carbocycles. The molecule has 11 heavy (non-hydrogen) atoms. The van der Waals surface area contributed by atoms with Gasteiger partial charge >= 0.3 is 0 Å². The van der Waals surface area contributed by atoms with Crippen LogP contribution in [-0.4, -0.2) is 0 Å². The van der Waals surface area contributed by atoms with Crippen molar-refractivity contribution in [3.63, 3.8) is 0 Å². The lowest BCUT2D eigenvalue weighted by molar-refractivity contribution is 0.833. The van der Waals surface area contributed by atoms with Crippen LogP contribution in [0.15, 0.2) is 12.1 Å². The van der Waals surface area contributed by atoms with E-state index in [1.807, 2.05) is 0 Å². The van der Waals surface area contributed by atoms with Crippen LogP contribution >= 0.6 is 0 Å². The number of rotatable bonds is 0. The monoisotopic (exact) mass is 145 g/mol. The van der Waals surface area contributed by atoms with E-state index in [1.54, 1.807) is 0 Å². The minimum Gasteiger partial charge on any atom is -0.0553 e. The first kappa shape index (κ1) is 4.97. The Hall–Kier alpha value is -0.780. The van der Waals surface area contributed by atoms with Gasteiger partial charge in [0.2, 0.25) is 0 Å². The highest BCUT2D eigenvalue weighted by atomic mass is 14.2. The van der Waals surface area contributed by atoms with E-state index < -0.39 is 0 Å². The number of benzene rings is 1. The molecule has 1 aromatic carbocycles. The van der Waals surface area contributed by atoms with Crippen molar-refractivity contribution >= 4 is 0 Å². The minimum absolute atomic E-state index is 0.881.